The van der Waals surface area contributed by atoms with Crippen LogP contribution in [0.5, 0.6) is 0 Å². The van der Waals surface area contributed by atoms with Crippen molar-refractivity contribution in [1.29, 1.82) is 0 Å². The monoisotopic (exact) mass is 185 g/mol. The molecule has 74 valence electrons. The molecule has 0 spiro atoms. The van der Waals surface area contributed by atoms with Crippen molar-refractivity contribution in [2.24, 2.45) is 17.1 Å². The van der Waals surface area contributed by atoms with Gasteiger partial charge in [0.05, 0.1) is 12.0 Å². The largest absolute Gasteiger partial charge is 0.481 e. The lowest BCUT2D eigenvalue weighted by atomic mass is 9.86. The van der Waals surface area contributed by atoms with Crippen LogP contribution in [-0.4, -0.2) is 30.3 Å². The molecular formula is C9H15NO3. The zero-order chi connectivity index (χ0) is 9.47. The average Bonchev–Trinajstić information content (AvgIpc) is 2.74. The molecule has 2 unspecified atom stereocenters. The van der Waals surface area contributed by atoms with Gasteiger partial charge in [-0.15, -0.1) is 0 Å². The molecule has 2 rings (SSSR count). The second-order valence-electron chi connectivity index (χ2n) is 4.11. The molecule has 0 aromatic carbocycles. The molecule has 0 amide bonds. The van der Waals surface area contributed by atoms with Crippen molar-refractivity contribution in [2.45, 2.75) is 25.3 Å². The van der Waals surface area contributed by atoms with Gasteiger partial charge in [0.1, 0.15) is 0 Å². The van der Waals surface area contributed by atoms with E-state index in [0.29, 0.717) is 6.61 Å². The first-order valence-electron chi connectivity index (χ1n) is 4.73. The third-order valence-electron chi connectivity index (χ3n) is 3.33. The fourth-order valence-electron chi connectivity index (χ4n) is 2.11. The highest BCUT2D eigenvalue weighted by Crippen LogP contribution is 2.51. The van der Waals surface area contributed by atoms with E-state index in [1.165, 1.54) is 0 Å². The van der Waals surface area contributed by atoms with E-state index in [-0.39, 0.29) is 12.0 Å². The number of carboxylic acids is 1. The van der Waals surface area contributed by atoms with Crippen LogP contribution in [-0.2, 0) is 9.53 Å². The highest BCUT2D eigenvalue weighted by molar-refractivity contribution is 5.78. The van der Waals surface area contributed by atoms with Crippen LogP contribution >= 0.6 is 0 Å². The minimum absolute atomic E-state index is 0.215. The van der Waals surface area contributed by atoms with E-state index in [2.05, 4.69) is 0 Å². The van der Waals surface area contributed by atoms with Crippen LogP contribution in [0.15, 0.2) is 0 Å². The van der Waals surface area contributed by atoms with E-state index >= 15 is 0 Å². The molecular weight excluding hydrogens is 170 g/mol. The van der Waals surface area contributed by atoms with Crippen LogP contribution in [0.3, 0.4) is 0 Å². The average molecular weight is 185 g/mol. The van der Waals surface area contributed by atoms with Crippen LogP contribution < -0.4 is 5.73 Å². The number of aliphatic carboxylic acids is 1. The summed E-state index contributed by atoms with van der Waals surface area (Å²) in [6.45, 7) is 1.37. The summed E-state index contributed by atoms with van der Waals surface area (Å²) in [5.74, 6) is -0.481. The number of hydrogen-bond acceptors (Lipinski definition) is 3. The Bertz CT molecular complexity index is 219. The molecule has 4 heteroatoms. The summed E-state index contributed by atoms with van der Waals surface area (Å²) in [6, 6.07) is -0.215. The van der Waals surface area contributed by atoms with Gasteiger partial charge in [-0.2, -0.15) is 0 Å². The normalized spacial score (nSPS) is 32.8. The molecule has 2 atom stereocenters. The standard InChI is InChI=1S/C9H15NO3/c10-7(6-1-4-13-5-6)9(2-3-9)8(11)12/h6-7H,1-5,10H2,(H,11,12). The maximum absolute atomic E-state index is 11.0. The van der Waals surface area contributed by atoms with Gasteiger partial charge in [0.25, 0.3) is 0 Å². The number of hydrogen-bond donors (Lipinski definition) is 2. The quantitative estimate of drug-likeness (QED) is 0.659. The van der Waals surface area contributed by atoms with Crippen molar-refractivity contribution in [3.8, 4) is 0 Å². The molecule has 0 aromatic rings. The molecule has 1 saturated carbocycles. The lowest BCUT2D eigenvalue weighted by molar-refractivity contribution is -0.144. The summed E-state index contributed by atoms with van der Waals surface area (Å²) in [5, 5.41) is 9.01. The van der Waals surface area contributed by atoms with E-state index in [1.54, 1.807) is 0 Å². The summed E-state index contributed by atoms with van der Waals surface area (Å²) < 4.78 is 5.21. The Hall–Kier alpha value is -0.610. The third-order valence-corrected chi connectivity index (χ3v) is 3.33. The number of ether oxygens (including phenoxy) is 1. The topological polar surface area (TPSA) is 72.5 Å². The molecule has 13 heavy (non-hydrogen) atoms. The second kappa shape index (κ2) is 2.96. The maximum atomic E-state index is 11.0. The van der Waals surface area contributed by atoms with Gasteiger partial charge in [-0.1, -0.05) is 0 Å². The van der Waals surface area contributed by atoms with Gasteiger partial charge in [0, 0.05) is 18.6 Å². The number of carbonyl (C=O) groups is 1. The van der Waals surface area contributed by atoms with Crippen molar-refractivity contribution in [3.63, 3.8) is 0 Å². The molecule has 0 radical (unpaired) electrons. The Labute approximate surface area is 77.1 Å². The fourth-order valence-corrected chi connectivity index (χ4v) is 2.11. The van der Waals surface area contributed by atoms with Crippen molar-refractivity contribution < 1.29 is 14.6 Å². The smallest absolute Gasteiger partial charge is 0.311 e. The SMILES string of the molecule is NC(C1CCOC1)C1(C(=O)O)CC1. The Balaban J connectivity index is 2.03. The van der Waals surface area contributed by atoms with Crippen LogP contribution in [0.1, 0.15) is 19.3 Å². The van der Waals surface area contributed by atoms with Gasteiger partial charge < -0.3 is 15.6 Å². The molecule has 2 fully saturated rings. The molecule has 2 aliphatic rings. The highest BCUT2D eigenvalue weighted by Gasteiger charge is 2.57. The Kier molecular flexibility index (Phi) is 2.04. The predicted octanol–water partition coefficient (Wildman–Crippen LogP) is 0.215. The molecule has 3 N–H and O–H groups in total. The second-order valence-corrected chi connectivity index (χ2v) is 4.11. The number of nitrogens with two attached hydrogens (primary N) is 1. The number of carboxylic acid groups (broad SMARTS) is 1. The predicted molar refractivity (Wildman–Crippen MR) is 46.2 cm³/mol. The van der Waals surface area contributed by atoms with Crippen molar-refractivity contribution in [2.75, 3.05) is 13.2 Å². The Morgan fingerprint density at radius 2 is 2.31 bits per heavy atom. The van der Waals surface area contributed by atoms with Gasteiger partial charge in [-0.3, -0.25) is 4.79 Å². The van der Waals surface area contributed by atoms with Gasteiger partial charge in [-0.25, -0.2) is 0 Å². The maximum Gasteiger partial charge on any atom is 0.311 e. The minimum Gasteiger partial charge on any atom is -0.481 e. The number of rotatable bonds is 3. The van der Waals surface area contributed by atoms with E-state index in [0.717, 1.165) is 25.9 Å². The molecule has 0 aromatic heterocycles. The molecule has 1 saturated heterocycles. The molecule has 1 heterocycles. The van der Waals surface area contributed by atoms with Crippen molar-refractivity contribution in [3.05, 3.63) is 0 Å². The zero-order valence-electron chi connectivity index (χ0n) is 7.53. The minimum atomic E-state index is -0.730. The summed E-state index contributed by atoms with van der Waals surface area (Å²) in [4.78, 5) is 11.0. The van der Waals surface area contributed by atoms with Gasteiger partial charge in [0.2, 0.25) is 0 Å². The third kappa shape index (κ3) is 1.34. The lowest BCUT2D eigenvalue weighted by Gasteiger charge is -2.23. The Morgan fingerprint density at radius 3 is 2.69 bits per heavy atom. The lowest BCUT2D eigenvalue weighted by Crippen LogP contribution is -2.43. The molecule has 4 nitrogen and oxygen atoms in total. The first-order chi connectivity index (χ1) is 6.17. The van der Waals surface area contributed by atoms with Gasteiger partial charge >= 0.3 is 5.97 Å². The van der Waals surface area contributed by atoms with E-state index in [9.17, 15) is 4.79 Å². The van der Waals surface area contributed by atoms with Gasteiger partial charge in [-0.05, 0) is 19.3 Å². The van der Waals surface area contributed by atoms with E-state index in [4.69, 9.17) is 15.6 Å². The van der Waals surface area contributed by atoms with Crippen LogP contribution in [0.4, 0.5) is 0 Å². The summed E-state index contributed by atoms with van der Waals surface area (Å²) in [6.07, 6.45) is 2.39. The van der Waals surface area contributed by atoms with Crippen LogP contribution in [0.25, 0.3) is 0 Å². The van der Waals surface area contributed by atoms with Crippen molar-refractivity contribution >= 4 is 5.97 Å². The van der Waals surface area contributed by atoms with Gasteiger partial charge in [0.15, 0.2) is 0 Å². The summed E-state index contributed by atoms with van der Waals surface area (Å²) in [7, 11) is 0. The summed E-state index contributed by atoms with van der Waals surface area (Å²) >= 11 is 0. The van der Waals surface area contributed by atoms with Crippen LogP contribution in [0, 0.1) is 11.3 Å². The van der Waals surface area contributed by atoms with E-state index < -0.39 is 11.4 Å². The highest BCUT2D eigenvalue weighted by atomic mass is 16.5. The summed E-state index contributed by atoms with van der Waals surface area (Å²) in [5.41, 5.74) is 5.35. The first kappa shape index (κ1) is 8.97. The van der Waals surface area contributed by atoms with Crippen LogP contribution in [0.2, 0.25) is 0 Å². The van der Waals surface area contributed by atoms with E-state index in [1.807, 2.05) is 0 Å². The zero-order valence-corrected chi connectivity index (χ0v) is 7.53. The fraction of sp³-hybridized carbons (Fsp3) is 0.889. The molecule has 1 aliphatic carbocycles. The first-order valence-corrected chi connectivity index (χ1v) is 4.73. The van der Waals surface area contributed by atoms with Crippen molar-refractivity contribution in [1.82, 2.24) is 0 Å². The molecule has 0 bridgehead atoms. The molecule has 1 aliphatic heterocycles. The Morgan fingerprint density at radius 1 is 1.62 bits per heavy atom.